The average Bonchev–Trinajstić information content (AvgIpc) is 3.57. The Morgan fingerprint density at radius 3 is 2.58 bits per heavy atom. The molecular formula is C31H31N5O7S2. The largest absolute Gasteiger partial charge is 0.456 e. The number of thiazole rings is 1. The summed E-state index contributed by atoms with van der Waals surface area (Å²) in [6, 6.07) is 14.4. The number of aliphatic hydroxyl groups excluding tert-OH is 1. The first kappa shape index (κ1) is 30.7. The van der Waals surface area contributed by atoms with Crippen LogP contribution in [-0.2, 0) is 27.5 Å². The molecule has 4 heterocycles. The fraction of sp³-hybridized carbons (Fsp3) is 0.355. The Morgan fingerprint density at radius 2 is 1.91 bits per heavy atom. The maximum atomic E-state index is 13.4. The molecule has 4 atom stereocenters. The first-order chi connectivity index (χ1) is 21.6. The number of nitrogens with zero attached hydrogens (tertiary/aromatic N) is 4. The Kier molecular flexibility index (Phi) is 8.62. The van der Waals surface area contributed by atoms with Crippen molar-refractivity contribution in [3.8, 4) is 0 Å². The van der Waals surface area contributed by atoms with Crippen molar-refractivity contribution in [2.24, 2.45) is 11.8 Å². The van der Waals surface area contributed by atoms with E-state index in [1.54, 1.807) is 30.8 Å². The number of amides is 2. The zero-order valence-corrected chi connectivity index (χ0v) is 26.1. The van der Waals surface area contributed by atoms with Crippen LogP contribution in [0, 0.1) is 22.0 Å². The second kappa shape index (κ2) is 12.6. The molecule has 0 aliphatic carbocycles. The third-order valence-corrected chi connectivity index (χ3v) is 10.6. The Hall–Kier alpha value is -4.27. The van der Waals surface area contributed by atoms with Crippen molar-refractivity contribution in [1.29, 1.82) is 0 Å². The van der Waals surface area contributed by atoms with Crippen LogP contribution in [-0.4, -0.2) is 68.2 Å². The predicted octanol–water partition coefficient (Wildman–Crippen LogP) is 3.72. The topological polar surface area (TPSA) is 155 Å². The summed E-state index contributed by atoms with van der Waals surface area (Å²) < 4.78 is 5.60. The van der Waals surface area contributed by atoms with Gasteiger partial charge >= 0.3 is 5.97 Å². The molecular weight excluding hydrogens is 619 g/mol. The van der Waals surface area contributed by atoms with E-state index in [9.17, 15) is 29.6 Å². The second-order valence-electron chi connectivity index (χ2n) is 11.3. The van der Waals surface area contributed by atoms with E-state index in [2.05, 4.69) is 15.2 Å². The number of anilines is 1. The number of non-ortho nitro benzene ring substituents is 1. The smallest absolute Gasteiger partial charge is 0.356 e. The summed E-state index contributed by atoms with van der Waals surface area (Å²) in [4.78, 5) is 58.3. The Balaban J connectivity index is 1.10. The van der Waals surface area contributed by atoms with Crippen molar-refractivity contribution < 1.29 is 29.2 Å². The molecule has 0 radical (unpaired) electrons. The van der Waals surface area contributed by atoms with E-state index in [-0.39, 0.29) is 47.0 Å². The minimum atomic E-state index is -0.848. The molecule has 2 aromatic carbocycles. The van der Waals surface area contributed by atoms with Gasteiger partial charge < -0.3 is 25.0 Å². The number of benzene rings is 2. The summed E-state index contributed by atoms with van der Waals surface area (Å²) in [7, 11) is 0. The molecule has 2 saturated heterocycles. The molecule has 0 unspecified atom stereocenters. The minimum Gasteiger partial charge on any atom is -0.456 e. The van der Waals surface area contributed by atoms with E-state index in [1.807, 2.05) is 30.5 Å². The zero-order chi connectivity index (χ0) is 31.8. The van der Waals surface area contributed by atoms with Gasteiger partial charge in [0, 0.05) is 52.2 Å². The van der Waals surface area contributed by atoms with Gasteiger partial charge in [-0.25, -0.2) is 9.78 Å². The van der Waals surface area contributed by atoms with Crippen LogP contribution in [0.4, 0.5) is 10.8 Å². The van der Waals surface area contributed by atoms with Gasteiger partial charge in [0.2, 0.25) is 5.91 Å². The fourth-order valence-corrected chi connectivity index (χ4v) is 8.19. The number of hydrogen-bond donors (Lipinski definition) is 2. The molecule has 6 rings (SSSR count). The van der Waals surface area contributed by atoms with Crippen LogP contribution < -0.4 is 10.2 Å². The highest BCUT2D eigenvalue weighted by Crippen LogP contribution is 2.52. The van der Waals surface area contributed by atoms with E-state index in [0.29, 0.717) is 30.8 Å². The lowest BCUT2D eigenvalue weighted by molar-refractivity contribution is -0.384. The van der Waals surface area contributed by atoms with Gasteiger partial charge in [-0.2, -0.15) is 0 Å². The van der Waals surface area contributed by atoms with Gasteiger partial charge in [-0.15, -0.1) is 23.1 Å². The molecule has 0 saturated carbocycles. The third-order valence-electron chi connectivity index (χ3n) is 8.24. The minimum absolute atomic E-state index is 0.0624. The van der Waals surface area contributed by atoms with Crippen molar-refractivity contribution >= 4 is 51.7 Å². The highest BCUT2D eigenvalue weighted by molar-refractivity contribution is 8.03. The number of fused-ring (bicyclic) bond motifs is 1. The lowest BCUT2D eigenvalue weighted by atomic mass is 9.79. The summed E-state index contributed by atoms with van der Waals surface area (Å²) in [6.07, 6.45) is -0.848. The Bertz CT molecular complexity index is 1650. The molecule has 12 nitrogen and oxygen atoms in total. The number of β-lactam (4-membered cyclic amide) rings is 1. The van der Waals surface area contributed by atoms with Crippen LogP contribution in [0.5, 0.6) is 0 Å². The third kappa shape index (κ3) is 6.04. The van der Waals surface area contributed by atoms with Crippen LogP contribution in [0.15, 0.2) is 70.6 Å². The van der Waals surface area contributed by atoms with Crippen molar-refractivity contribution in [2.45, 2.75) is 44.4 Å². The van der Waals surface area contributed by atoms with Gasteiger partial charge in [-0.1, -0.05) is 25.1 Å². The van der Waals surface area contributed by atoms with Crippen molar-refractivity contribution in [1.82, 2.24) is 15.2 Å². The summed E-state index contributed by atoms with van der Waals surface area (Å²) in [5.41, 5.74) is 2.10. The van der Waals surface area contributed by atoms with Crippen molar-refractivity contribution in [3.05, 3.63) is 97.5 Å². The quantitative estimate of drug-likeness (QED) is 0.136. The maximum Gasteiger partial charge on any atom is 0.356 e. The van der Waals surface area contributed by atoms with Gasteiger partial charge in [0.1, 0.15) is 12.3 Å². The van der Waals surface area contributed by atoms with Gasteiger partial charge in [0.15, 0.2) is 5.13 Å². The van der Waals surface area contributed by atoms with Crippen LogP contribution in [0.3, 0.4) is 0 Å². The Labute approximate surface area is 267 Å². The number of ether oxygens (including phenoxy) is 1. The molecule has 0 bridgehead atoms. The van der Waals surface area contributed by atoms with Crippen LogP contribution >= 0.6 is 23.1 Å². The molecule has 234 valence electrons. The number of esters is 1. The molecule has 3 aliphatic rings. The number of nitrogens with one attached hydrogen (secondary N) is 1. The lowest BCUT2D eigenvalue weighted by Crippen LogP contribution is -2.63. The Morgan fingerprint density at radius 1 is 1.20 bits per heavy atom. The molecule has 3 aliphatic heterocycles. The number of nitro groups is 1. The molecule has 2 amide bonds. The fourth-order valence-electron chi connectivity index (χ4n) is 5.83. The van der Waals surface area contributed by atoms with Gasteiger partial charge in [-0.3, -0.25) is 19.7 Å². The molecule has 2 fully saturated rings. The molecule has 2 N–H and O–H groups in total. The van der Waals surface area contributed by atoms with E-state index >= 15 is 0 Å². The number of carbonyl (C=O) groups is 3. The molecule has 3 aromatic rings. The summed E-state index contributed by atoms with van der Waals surface area (Å²) in [5.74, 6) is -1.86. The monoisotopic (exact) mass is 649 g/mol. The normalized spacial score (nSPS) is 21.6. The highest BCUT2D eigenvalue weighted by Gasteiger charge is 2.60. The second-order valence-corrected chi connectivity index (χ2v) is 13.5. The summed E-state index contributed by atoms with van der Waals surface area (Å²) >= 11 is 3.06. The maximum absolute atomic E-state index is 13.4. The standard InChI is InChI=1S/C31H31N5O7S2/c1-17-25-24(18(2)37)29(39)35(25)26(30(40)43-15-19-8-10-22(11-9-19)36(41)42)27(17)45-23-13-34(14-23)31-33-21(16-44-31)12-32-28(38)20-6-4-3-5-7-20/h3-11,16-18,23-25,37H,12-15H2,1-2H3,(H,32,38)/t17-,18-,24-,25-/m1/s1. The van der Waals surface area contributed by atoms with Crippen LogP contribution in [0.1, 0.15) is 35.5 Å². The van der Waals surface area contributed by atoms with Crippen molar-refractivity contribution in [3.63, 3.8) is 0 Å². The predicted molar refractivity (Wildman–Crippen MR) is 168 cm³/mol. The number of rotatable bonds is 11. The van der Waals surface area contributed by atoms with Crippen LogP contribution in [0.2, 0.25) is 0 Å². The molecule has 0 spiro atoms. The van der Waals surface area contributed by atoms with Gasteiger partial charge in [-0.05, 0) is 36.8 Å². The number of nitro benzene ring substituents is 1. The molecule has 14 heteroatoms. The molecule has 45 heavy (non-hydrogen) atoms. The van der Waals surface area contributed by atoms with Gasteiger partial charge in [0.05, 0.1) is 35.2 Å². The summed E-state index contributed by atoms with van der Waals surface area (Å²) in [6.45, 7) is 5.15. The van der Waals surface area contributed by atoms with E-state index in [1.165, 1.54) is 40.5 Å². The first-order valence-electron chi connectivity index (χ1n) is 14.5. The van der Waals surface area contributed by atoms with E-state index < -0.39 is 22.9 Å². The van der Waals surface area contributed by atoms with Crippen molar-refractivity contribution in [2.75, 3.05) is 18.0 Å². The lowest BCUT2D eigenvalue weighted by Gasteiger charge is -2.46. The zero-order valence-electron chi connectivity index (χ0n) is 24.5. The van der Waals surface area contributed by atoms with Gasteiger partial charge in [0.25, 0.3) is 11.6 Å². The van der Waals surface area contributed by atoms with Crippen LogP contribution in [0.25, 0.3) is 0 Å². The number of aromatic nitrogens is 1. The number of carbonyl (C=O) groups excluding carboxylic acids is 3. The molecule has 1 aromatic heterocycles. The average molecular weight is 650 g/mol. The van der Waals surface area contributed by atoms with E-state index in [0.717, 1.165) is 15.7 Å². The first-order valence-corrected chi connectivity index (χ1v) is 16.2. The number of aliphatic hydroxyl groups is 1. The van der Waals surface area contributed by atoms with E-state index in [4.69, 9.17) is 4.74 Å². The SMILES string of the molecule is C[C@@H](O)[C@H]1C(=O)N2C(C(=O)OCc3ccc([N+](=O)[O-])cc3)=C(SC3CN(c4nc(CNC(=O)c5ccccc5)cs4)C3)[C@H](C)[C@H]12. The number of hydrogen-bond acceptors (Lipinski definition) is 11. The summed E-state index contributed by atoms with van der Waals surface area (Å²) in [5, 5.41) is 27.0. The number of thioether (sulfide) groups is 1. The highest BCUT2D eigenvalue weighted by atomic mass is 32.2.